The average molecular weight is 409 g/mol. The zero-order valence-electron chi connectivity index (χ0n) is 16.1. The molecule has 1 aromatic heterocycles. The molecule has 0 aliphatic heterocycles. The van der Waals surface area contributed by atoms with Gasteiger partial charge in [0.25, 0.3) is 5.91 Å². The second-order valence-electron chi connectivity index (χ2n) is 7.05. The fourth-order valence-electron chi connectivity index (χ4n) is 3.65. The van der Waals surface area contributed by atoms with Gasteiger partial charge in [0.05, 0.1) is 22.7 Å². The fourth-order valence-corrected chi connectivity index (χ4v) is 4.01. The maximum Gasteiger partial charge on any atom is 0.338 e. The molecule has 1 aliphatic carbocycles. The molecular weight excluding hydrogens is 388 g/mol. The molecule has 2 aromatic carbocycles. The molecule has 0 saturated heterocycles. The largest absolute Gasteiger partial charge is 0.462 e. The highest BCUT2D eigenvalue weighted by Gasteiger charge is 2.18. The van der Waals surface area contributed by atoms with Gasteiger partial charge in [0.15, 0.2) is 0 Å². The van der Waals surface area contributed by atoms with E-state index >= 15 is 0 Å². The summed E-state index contributed by atoms with van der Waals surface area (Å²) in [4.78, 5) is 29.4. The van der Waals surface area contributed by atoms with E-state index in [1.165, 1.54) is 0 Å². The molecule has 1 N–H and O–H groups in total. The van der Waals surface area contributed by atoms with Crippen LogP contribution < -0.4 is 5.32 Å². The molecule has 0 radical (unpaired) electrons. The van der Waals surface area contributed by atoms with Crippen molar-refractivity contribution in [1.82, 2.24) is 4.98 Å². The number of fused-ring (bicyclic) bond motifs is 2. The molecule has 6 heteroatoms. The molecule has 1 aliphatic rings. The van der Waals surface area contributed by atoms with Crippen molar-refractivity contribution >= 4 is 40.1 Å². The number of carbonyl (C=O) groups is 2. The second kappa shape index (κ2) is 8.21. The first kappa shape index (κ1) is 19.4. The van der Waals surface area contributed by atoms with E-state index in [2.05, 4.69) is 5.32 Å². The summed E-state index contributed by atoms with van der Waals surface area (Å²) in [6.07, 6.45) is 4.11. The number of pyridine rings is 1. The number of anilines is 1. The normalized spacial score (nSPS) is 13.0. The molecule has 0 spiro atoms. The van der Waals surface area contributed by atoms with Crippen LogP contribution in [0.4, 0.5) is 5.69 Å². The summed E-state index contributed by atoms with van der Waals surface area (Å²) in [5.74, 6) is -0.693. The van der Waals surface area contributed by atoms with Crippen LogP contribution in [0.3, 0.4) is 0 Å². The summed E-state index contributed by atoms with van der Waals surface area (Å²) in [6.45, 7) is 2.05. The Labute approximate surface area is 174 Å². The SMILES string of the molecule is CCOC(=O)c1cccc(NC(=O)c2ccc3c(Cl)c4c(nc3c2)CCCC4)c1. The summed E-state index contributed by atoms with van der Waals surface area (Å²) < 4.78 is 5.00. The summed E-state index contributed by atoms with van der Waals surface area (Å²) in [5.41, 5.74) is 4.30. The number of ether oxygens (including phenoxy) is 1. The maximum absolute atomic E-state index is 12.8. The van der Waals surface area contributed by atoms with E-state index in [0.29, 0.717) is 23.4 Å². The Morgan fingerprint density at radius 3 is 2.76 bits per heavy atom. The predicted octanol–water partition coefficient (Wildman–Crippen LogP) is 5.20. The lowest BCUT2D eigenvalue weighted by Crippen LogP contribution is -2.13. The molecule has 1 amide bonds. The van der Waals surface area contributed by atoms with Crippen molar-refractivity contribution in [3.63, 3.8) is 0 Å². The molecule has 0 fully saturated rings. The van der Waals surface area contributed by atoms with E-state index in [4.69, 9.17) is 21.3 Å². The highest BCUT2D eigenvalue weighted by Crippen LogP contribution is 2.33. The number of benzene rings is 2. The van der Waals surface area contributed by atoms with Gasteiger partial charge in [-0.25, -0.2) is 4.79 Å². The molecule has 5 nitrogen and oxygen atoms in total. The molecule has 0 unspecified atom stereocenters. The number of hydrogen-bond donors (Lipinski definition) is 1. The third-order valence-electron chi connectivity index (χ3n) is 5.09. The Morgan fingerprint density at radius 2 is 1.93 bits per heavy atom. The molecule has 0 saturated carbocycles. The van der Waals surface area contributed by atoms with Crippen LogP contribution in [0, 0.1) is 0 Å². The van der Waals surface area contributed by atoms with Crippen LogP contribution in [-0.2, 0) is 17.6 Å². The number of nitrogens with one attached hydrogen (secondary N) is 1. The topological polar surface area (TPSA) is 68.3 Å². The minimum Gasteiger partial charge on any atom is -0.462 e. The molecule has 3 aromatic rings. The molecule has 1 heterocycles. The first-order valence-corrected chi connectivity index (χ1v) is 10.1. The smallest absolute Gasteiger partial charge is 0.338 e. The number of halogens is 1. The van der Waals surface area contributed by atoms with Crippen LogP contribution in [0.5, 0.6) is 0 Å². The molecule has 0 bridgehead atoms. The molecular formula is C23H21ClN2O3. The summed E-state index contributed by atoms with van der Waals surface area (Å²) in [6, 6.07) is 12.0. The third-order valence-corrected chi connectivity index (χ3v) is 5.52. The number of esters is 1. The first-order chi connectivity index (χ1) is 14.1. The Balaban J connectivity index is 1.61. The van der Waals surface area contributed by atoms with Crippen molar-refractivity contribution in [3.8, 4) is 0 Å². The van der Waals surface area contributed by atoms with Crippen LogP contribution in [-0.4, -0.2) is 23.5 Å². The number of rotatable bonds is 4. The van der Waals surface area contributed by atoms with Crippen molar-refractivity contribution in [2.24, 2.45) is 0 Å². The lowest BCUT2D eigenvalue weighted by atomic mass is 9.94. The number of hydrogen-bond acceptors (Lipinski definition) is 4. The number of amides is 1. The van der Waals surface area contributed by atoms with Crippen molar-refractivity contribution < 1.29 is 14.3 Å². The van der Waals surface area contributed by atoms with Crippen molar-refractivity contribution in [1.29, 1.82) is 0 Å². The van der Waals surface area contributed by atoms with E-state index in [1.54, 1.807) is 43.3 Å². The van der Waals surface area contributed by atoms with Crippen LogP contribution in [0.25, 0.3) is 10.9 Å². The van der Waals surface area contributed by atoms with Gasteiger partial charge in [0.2, 0.25) is 0 Å². The standard InChI is InChI=1S/C23H21ClN2O3/c1-2-29-23(28)15-6-5-7-16(12-15)25-22(27)14-10-11-18-20(13-14)26-19-9-4-3-8-17(19)21(18)24/h5-7,10-13H,2-4,8-9H2,1H3,(H,25,27). The minimum absolute atomic E-state index is 0.274. The highest BCUT2D eigenvalue weighted by atomic mass is 35.5. The van der Waals surface area contributed by atoms with Gasteiger partial charge in [-0.2, -0.15) is 0 Å². The van der Waals surface area contributed by atoms with E-state index < -0.39 is 5.97 Å². The van der Waals surface area contributed by atoms with E-state index in [1.807, 2.05) is 6.07 Å². The number of nitrogens with zero attached hydrogens (tertiary/aromatic N) is 1. The van der Waals surface area contributed by atoms with Crippen LogP contribution in [0.2, 0.25) is 5.02 Å². The summed E-state index contributed by atoms with van der Waals surface area (Å²) >= 11 is 6.61. The van der Waals surface area contributed by atoms with E-state index in [0.717, 1.165) is 52.9 Å². The minimum atomic E-state index is -0.419. The van der Waals surface area contributed by atoms with E-state index in [-0.39, 0.29) is 5.91 Å². The molecule has 148 valence electrons. The van der Waals surface area contributed by atoms with Gasteiger partial charge < -0.3 is 10.1 Å². The van der Waals surface area contributed by atoms with Gasteiger partial charge in [-0.1, -0.05) is 23.7 Å². The average Bonchev–Trinajstić information content (AvgIpc) is 2.74. The van der Waals surface area contributed by atoms with E-state index in [9.17, 15) is 9.59 Å². The first-order valence-electron chi connectivity index (χ1n) is 9.76. The Kier molecular flexibility index (Phi) is 5.49. The van der Waals surface area contributed by atoms with Gasteiger partial charge in [0.1, 0.15) is 0 Å². The van der Waals surface area contributed by atoms with Crippen LogP contribution in [0.1, 0.15) is 51.7 Å². The van der Waals surface area contributed by atoms with Crippen LogP contribution >= 0.6 is 11.6 Å². The van der Waals surface area contributed by atoms with Crippen molar-refractivity contribution in [3.05, 3.63) is 69.9 Å². The van der Waals surface area contributed by atoms with Gasteiger partial charge in [-0.3, -0.25) is 9.78 Å². The van der Waals surface area contributed by atoms with Gasteiger partial charge >= 0.3 is 5.97 Å². The number of aryl methyl sites for hydroxylation is 1. The molecule has 29 heavy (non-hydrogen) atoms. The van der Waals surface area contributed by atoms with Crippen molar-refractivity contribution in [2.75, 3.05) is 11.9 Å². The quantitative estimate of drug-likeness (QED) is 0.603. The zero-order valence-corrected chi connectivity index (χ0v) is 16.9. The lowest BCUT2D eigenvalue weighted by molar-refractivity contribution is 0.0526. The van der Waals surface area contributed by atoms with Crippen LogP contribution in [0.15, 0.2) is 42.5 Å². The monoisotopic (exact) mass is 408 g/mol. The third kappa shape index (κ3) is 3.96. The predicted molar refractivity (Wildman–Crippen MR) is 114 cm³/mol. The van der Waals surface area contributed by atoms with Gasteiger partial charge in [-0.05, 0) is 68.5 Å². The summed E-state index contributed by atoms with van der Waals surface area (Å²) in [7, 11) is 0. The maximum atomic E-state index is 12.8. The van der Waals surface area contributed by atoms with Gasteiger partial charge in [0, 0.05) is 22.3 Å². The molecule has 0 atom stereocenters. The number of carbonyl (C=O) groups excluding carboxylic acids is 2. The Bertz CT molecular complexity index is 1110. The fraction of sp³-hybridized carbons (Fsp3) is 0.261. The Hall–Kier alpha value is -2.92. The number of aromatic nitrogens is 1. The lowest BCUT2D eigenvalue weighted by Gasteiger charge is -2.18. The second-order valence-corrected chi connectivity index (χ2v) is 7.42. The summed E-state index contributed by atoms with van der Waals surface area (Å²) in [5, 5.41) is 4.45. The van der Waals surface area contributed by atoms with Crippen molar-refractivity contribution in [2.45, 2.75) is 32.6 Å². The zero-order chi connectivity index (χ0) is 20.4. The highest BCUT2D eigenvalue weighted by molar-refractivity contribution is 6.36. The molecule has 4 rings (SSSR count). The Morgan fingerprint density at radius 1 is 1.10 bits per heavy atom. The van der Waals surface area contributed by atoms with Gasteiger partial charge in [-0.15, -0.1) is 0 Å².